The Bertz CT molecular complexity index is 3200. The van der Waals surface area contributed by atoms with Gasteiger partial charge in [0.05, 0.1) is 41.3 Å². The van der Waals surface area contributed by atoms with Crippen LogP contribution in [-0.4, -0.2) is 9.13 Å². The highest BCUT2D eigenvalue weighted by molar-refractivity contribution is 6.12. The minimum Gasteiger partial charge on any atom is -0.309 e. The van der Waals surface area contributed by atoms with Gasteiger partial charge in [0.25, 0.3) is 0 Å². The van der Waals surface area contributed by atoms with E-state index in [2.05, 4.69) is 0 Å². The zero-order valence-corrected chi connectivity index (χ0v) is 23.0. The van der Waals surface area contributed by atoms with Gasteiger partial charge in [-0.1, -0.05) is 115 Å². The summed E-state index contributed by atoms with van der Waals surface area (Å²) in [7, 11) is 0. The van der Waals surface area contributed by atoms with Crippen molar-refractivity contribution in [3.63, 3.8) is 0 Å². The topological polar surface area (TPSA) is 9.86 Å². The van der Waals surface area contributed by atoms with Crippen molar-refractivity contribution in [3.05, 3.63) is 170 Å². The van der Waals surface area contributed by atoms with Crippen LogP contribution in [0.25, 0.3) is 77.2 Å². The van der Waals surface area contributed by atoms with Crippen molar-refractivity contribution in [3.8, 4) is 33.6 Å². The molecule has 2 heteroatoms. The molecule has 2 nitrogen and oxygen atoms in total. The third kappa shape index (κ3) is 3.82. The summed E-state index contributed by atoms with van der Waals surface area (Å²) in [5, 5.41) is 1.14. The highest BCUT2D eigenvalue weighted by Crippen LogP contribution is 2.37. The normalized spacial score (nSPS) is 16.1. The molecule has 44 heavy (non-hydrogen) atoms. The predicted molar refractivity (Wildman–Crippen MR) is 186 cm³/mol. The summed E-state index contributed by atoms with van der Waals surface area (Å²) in [4.78, 5) is 0. The summed E-state index contributed by atoms with van der Waals surface area (Å²) >= 11 is 0. The van der Waals surface area contributed by atoms with Gasteiger partial charge in [0, 0.05) is 32.9 Å². The van der Waals surface area contributed by atoms with Crippen LogP contribution in [-0.2, 0) is 0 Å². The maximum atomic E-state index is 9.59. The zero-order chi connectivity index (χ0) is 41.2. The van der Waals surface area contributed by atoms with Crippen LogP contribution in [0.2, 0.25) is 0 Å². The number of benzene rings is 7. The van der Waals surface area contributed by atoms with Crippen LogP contribution < -0.4 is 0 Å². The first kappa shape index (κ1) is 14.5. The van der Waals surface area contributed by atoms with Crippen molar-refractivity contribution in [1.29, 1.82) is 0 Å². The lowest BCUT2D eigenvalue weighted by Gasteiger charge is -2.12. The quantitative estimate of drug-likeness (QED) is 0.198. The molecule has 2 aromatic heterocycles. The molecule has 9 aromatic rings. The molecule has 0 aliphatic carbocycles. The third-order valence-electron chi connectivity index (χ3n) is 7.83. The minimum atomic E-state index is -0.542. The van der Waals surface area contributed by atoms with Gasteiger partial charge in [-0.2, -0.15) is 0 Å². The van der Waals surface area contributed by atoms with Crippen LogP contribution in [0.3, 0.4) is 0 Å². The maximum Gasteiger partial charge on any atom is 0.0651 e. The van der Waals surface area contributed by atoms with Gasteiger partial charge in [-0.25, -0.2) is 0 Å². The second-order valence-electron chi connectivity index (χ2n) is 10.3. The molecule has 0 atom stereocenters. The molecular weight excluding hydrogens is 532 g/mol. The lowest BCUT2D eigenvalue weighted by Crippen LogP contribution is -1.96. The van der Waals surface area contributed by atoms with Crippen LogP contribution in [0.4, 0.5) is 0 Å². The van der Waals surface area contributed by atoms with Crippen molar-refractivity contribution in [2.75, 3.05) is 0 Å². The first-order valence-corrected chi connectivity index (χ1v) is 14.0. The Balaban J connectivity index is 1.36. The van der Waals surface area contributed by atoms with Crippen LogP contribution in [0, 0.1) is 0 Å². The Kier molecular flexibility index (Phi) is 3.26. The van der Waals surface area contributed by atoms with Crippen molar-refractivity contribution in [1.82, 2.24) is 9.13 Å². The van der Waals surface area contributed by atoms with Crippen molar-refractivity contribution in [2.24, 2.45) is 0 Å². The van der Waals surface area contributed by atoms with E-state index in [1.54, 1.807) is 71.3 Å². The lowest BCUT2D eigenvalue weighted by molar-refractivity contribution is 1.17. The largest absolute Gasteiger partial charge is 0.309 e. The van der Waals surface area contributed by atoms with E-state index in [-0.39, 0.29) is 80.4 Å². The Morgan fingerprint density at radius 3 is 1.73 bits per heavy atom. The van der Waals surface area contributed by atoms with Crippen LogP contribution >= 0.6 is 0 Å². The smallest absolute Gasteiger partial charge is 0.0651 e. The Labute approximate surface area is 275 Å². The van der Waals surface area contributed by atoms with Gasteiger partial charge in [-0.3, -0.25) is 0 Å². The number of hydrogen-bond acceptors (Lipinski definition) is 0. The molecule has 0 amide bonds. The molecule has 7 aromatic carbocycles. The molecule has 0 saturated heterocycles. The standard InChI is InChI=1S/C42H28N2/c1-2-12-29(13-3-1)30-14-10-15-31(26-30)32-16-11-17-33(27-32)43-41-23-9-6-20-37(41)38-28-34(24-25-42(38)43)44-39-21-7-4-18-35(39)36-19-5-8-22-40(36)44/h1-28H/i4D,5D,7D,8D,14D,15D,16D,17D,18D,19D,21D,22D,26D,27D. The first-order valence-electron chi connectivity index (χ1n) is 21.0. The maximum absolute atomic E-state index is 9.59. The fourth-order valence-corrected chi connectivity index (χ4v) is 5.91. The average molecular weight is 575 g/mol. The third-order valence-corrected chi connectivity index (χ3v) is 7.83. The molecule has 206 valence electrons. The highest BCUT2D eigenvalue weighted by Gasteiger charge is 2.16. The fourth-order valence-electron chi connectivity index (χ4n) is 5.91. The molecule has 0 N–H and O–H groups in total. The van der Waals surface area contributed by atoms with Crippen molar-refractivity contribution in [2.45, 2.75) is 0 Å². The number of nitrogens with zero attached hydrogens (tertiary/aromatic N) is 2. The molecule has 0 aliphatic heterocycles. The van der Waals surface area contributed by atoms with Crippen LogP contribution in [0.1, 0.15) is 19.2 Å². The van der Waals surface area contributed by atoms with E-state index in [1.165, 1.54) is 16.7 Å². The van der Waals surface area contributed by atoms with E-state index in [1.807, 2.05) is 6.07 Å². The molecule has 0 aliphatic rings. The Morgan fingerprint density at radius 2 is 0.955 bits per heavy atom. The minimum absolute atomic E-state index is 0.0189. The van der Waals surface area contributed by atoms with Gasteiger partial charge in [-0.15, -0.1) is 0 Å². The molecule has 0 unspecified atom stereocenters. The van der Waals surface area contributed by atoms with Gasteiger partial charge in [0.15, 0.2) is 0 Å². The summed E-state index contributed by atoms with van der Waals surface area (Å²) in [6.07, 6.45) is 0. The van der Waals surface area contributed by atoms with E-state index in [4.69, 9.17) is 16.4 Å². The second-order valence-corrected chi connectivity index (χ2v) is 10.3. The molecule has 2 heterocycles. The molecule has 0 bridgehead atoms. The monoisotopic (exact) mass is 574 g/mol. The van der Waals surface area contributed by atoms with Gasteiger partial charge < -0.3 is 9.13 Å². The summed E-state index contributed by atoms with van der Waals surface area (Å²) in [6.45, 7) is 0. The molecule has 0 spiro atoms. The van der Waals surface area contributed by atoms with Crippen molar-refractivity contribution >= 4 is 43.6 Å². The average Bonchev–Trinajstić information content (AvgIpc) is 3.73. The van der Waals surface area contributed by atoms with Gasteiger partial charge in [-0.05, 0) is 76.7 Å². The van der Waals surface area contributed by atoms with E-state index in [0.717, 1.165) is 0 Å². The predicted octanol–water partition coefficient (Wildman–Crippen LogP) is 11.2. The second kappa shape index (κ2) is 9.86. The number of para-hydroxylation sites is 3. The van der Waals surface area contributed by atoms with E-state index >= 15 is 0 Å². The molecule has 0 radical (unpaired) electrons. The Hall–Kier alpha value is -5.86. The zero-order valence-electron chi connectivity index (χ0n) is 37.0. The van der Waals surface area contributed by atoms with Gasteiger partial charge in [0.1, 0.15) is 0 Å². The van der Waals surface area contributed by atoms with Crippen LogP contribution in [0.5, 0.6) is 0 Å². The molecule has 9 rings (SSSR count). The summed E-state index contributed by atoms with van der Waals surface area (Å²) in [5.41, 5.74) is 2.15. The summed E-state index contributed by atoms with van der Waals surface area (Å²) < 4.78 is 127. The SMILES string of the molecule is [2H]c1cc([2H])c(-c2c([2H])cc([2H])c(-n3c4ccccc4c4cc(-n5c6c([2H])c([2H])c([2H])c([2H])c6c6c([2H])c([2H])c([2H])c([2H])c65)ccc43)c2[2H])c([2H])c1-c1ccccc1. The van der Waals surface area contributed by atoms with E-state index in [0.29, 0.717) is 33.1 Å². The van der Waals surface area contributed by atoms with E-state index < -0.39 is 48.3 Å². The van der Waals surface area contributed by atoms with Crippen LogP contribution in [0.15, 0.2) is 170 Å². The highest BCUT2D eigenvalue weighted by atomic mass is 15.0. The van der Waals surface area contributed by atoms with Crippen molar-refractivity contribution < 1.29 is 19.2 Å². The lowest BCUT2D eigenvalue weighted by atomic mass is 9.99. The molecule has 0 fully saturated rings. The van der Waals surface area contributed by atoms with Gasteiger partial charge >= 0.3 is 0 Å². The first-order chi connectivity index (χ1) is 27.6. The van der Waals surface area contributed by atoms with E-state index in [9.17, 15) is 2.74 Å². The molecular formula is C42H28N2. The number of hydrogen-bond donors (Lipinski definition) is 0. The summed E-state index contributed by atoms with van der Waals surface area (Å²) in [6, 6.07) is 18.7. The van der Waals surface area contributed by atoms with Gasteiger partial charge in [0.2, 0.25) is 0 Å². The summed E-state index contributed by atoms with van der Waals surface area (Å²) in [5.74, 6) is 0. The Morgan fingerprint density at radius 1 is 0.364 bits per heavy atom. The number of rotatable bonds is 4. The fraction of sp³-hybridized carbons (Fsp3) is 0. The molecule has 0 saturated carbocycles. The number of fused-ring (bicyclic) bond motifs is 6. The number of aromatic nitrogens is 2.